The Hall–Kier alpha value is -0.850. The molecule has 1 saturated carbocycles. The average Bonchev–Trinajstić information content (AvgIpc) is 3.02. The number of thioether (sulfide) groups is 1. The minimum atomic E-state index is 0.663. The highest BCUT2D eigenvalue weighted by atomic mass is 32.2. The summed E-state index contributed by atoms with van der Waals surface area (Å²) in [4.78, 5) is 13.8. The van der Waals surface area contributed by atoms with Crippen LogP contribution >= 0.6 is 11.8 Å². The van der Waals surface area contributed by atoms with E-state index >= 15 is 0 Å². The third kappa shape index (κ3) is 4.81. The van der Waals surface area contributed by atoms with Crippen LogP contribution in [0.2, 0.25) is 0 Å². The normalized spacial score (nSPS) is 25.9. The van der Waals surface area contributed by atoms with E-state index in [0.29, 0.717) is 6.04 Å². The number of nitrogens with zero attached hydrogens (tertiary/aromatic N) is 4. The van der Waals surface area contributed by atoms with Crippen LogP contribution in [0.1, 0.15) is 31.7 Å². The Balaban J connectivity index is 1.45. The first-order valence-corrected chi connectivity index (χ1v) is 9.89. The van der Waals surface area contributed by atoms with Gasteiger partial charge in [-0.25, -0.2) is 9.97 Å². The average molecular weight is 336 g/mol. The van der Waals surface area contributed by atoms with E-state index in [-0.39, 0.29) is 0 Å². The lowest BCUT2D eigenvalue weighted by atomic mass is 10.2. The molecule has 3 rings (SSSR count). The fourth-order valence-electron chi connectivity index (χ4n) is 3.38. The van der Waals surface area contributed by atoms with E-state index in [9.17, 15) is 0 Å². The first-order chi connectivity index (χ1) is 11.2. The van der Waals surface area contributed by atoms with Gasteiger partial charge in [-0.2, -0.15) is 11.8 Å². The smallest absolute Gasteiger partial charge is 0.225 e. The van der Waals surface area contributed by atoms with Gasteiger partial charge in [0.25, 0.3) is 0 Å². The van der Waals surface area contributed by atoms with Gasteiger partial charge >= 0.3 is 0 Å². The van der Waals surface area contributed by atoms with Crippen molar-refractivity contribution in [2.75, 3.05) is 43.9 Å². The molecule has 0 unspecified atom stereocenters. The third-order valence-electron chi connectivity index (χ3n) is 4.86. The van der Waals surface area contributed by atoms with E-state index in [1.54, 1.807) is 0 Å². The predicted molar refractivity (Wildman–Crippen MR) is 98.1 cm³/mol. The zero-order chi connectivity index (χ0) is 16.1. The van der Waals surface area contributed by atoms with Gasteiger partial charge < -0.3 is 15.1 Å². The number of hydrogen-bond acceptors (Lipinski definition) is 6. The van der Waals surface area contributed by atoms with Gasteiger partial charge in [-0.3, -0.25) is 0 Å². The van der Waals surface area contributed by atoms with Crippen molar-refractivity contribution in [1.29, 1.82) is 0 Å². The molecular formula is C17H29N5S. The van der Waals surface area contributed by atoms with Crippen LogP contribution in [-0.2, 0) is 6.54 Å². The maximum atomic E-state index is 4.57. The fraction of sp³-hybridized carbons (Fsp3) is 0.765. The summed E-state index contributed by atoms with van der Waals surface area (Å²) >= 11 is 2.11. The summed E-state index contributed by atoms with van der Waals surface area (Å²) in [6.07, 6.45) is 7.94. The highest BCUT2D eigenvalue weighted by Crippen LogP contribution is 2.29. The van der Waals surface area contributed by atoms with Gasteiger partial charge in [0.05, 0.1) is 0 Å². The molecule has 0 spiro atoms. The minimum Gasteiger partial charge on any atom is -0.338 e. The zero-order valence-electron chi connectivity index (χ0n) is 14.4. The Labute approximate surface area is 144 Å². The zero-order valence-corrected chi connectivity index (χ0v) is 15.2. The molecule has 0 amide bonds. The van der Waals surface area contributed by atoms with Gasteiger partial charge in [0, 0.05) is 62.0 Å². The van der Waals surface area contributed by atoms with Gasteiger partial charge in [-0.15, -0.1) is 0 Å². The highest BCUT2D eigenvalue weighted by molar-refractivity contribution is 7.99. The van der Waals surface area contributed by atoms with E-state index in [1.165, 1.54) is 30.6 Å². The summed E-state index contributed by atoms with van der Waals surface area (Å²) in [5.74, 6) is 2.11. The first kappa shape index (κ1) is 17.0. The Morgan fingerprint density at radius 3 is 2.61 bits per heavy atom. The number of hydrogen-bond donors (Lipinski definition) is 1. The Bertz CT molecular complexity index is 472. The lowest BCUT2D eigenvalue weighted by Gasteiger charge is -2.32. The maximum absolute atomic E-state index is 4.57. The van der Waals surface area contributed by atoms with Crippen molar-refractivity contribution in [2.24, 2.45) is 0 Å². The molecule has 1 saturated heterocycles. The molecule has 0 radical (unpaired) electrons. The molecule has 1 aromatic heterocycles. The molecule has 0 bridgehead atoms. The number of piperazine rings is 1. The number of rotatable bonds is 6. The second-order valence-electron chi connectivity index (χ2n) is 6.65. The summed E-state index contributed by atoms with van der Waals surface area (Å²) in [6.45, 7) is 7.36. The van der Waals surface area contributed by atoms with Crippen LogP contribution in [0.3, 0.4) is 0 Å². The monoisotopic (exact) mass is 335 g/mol. The number of nitrogens with one attached hydrogen (secondary N) is 1. The van der Waals surface area contributed by atoms with E-state index in [2.05, 4.69) is 50.8 Å². The molecule has 6 heteroatoms. The molecule has 1 N–H and O–H groups in total. The van der Waals surface area contributed by atoms with E-state index in [4.69, 9.17) is 0 Å². The van der Waals surface area contributed by atoms with Gasteiger partial charge in [0.1, 0.15) is 0 Å². The number of aromatic nitrogens is 2. The molecule has 1 aliphatic carbocycles. The van der Waals surface area contributed by atoms with E-state index in [0.717, 1.165) is 43.9 Å². The fourth-order valence-corrected chi connectivity index (χ4v) is 4.53. The largest absolute Gasteiger partial charge is 0.338 e. The minimum absolute atomic E-state index is 0.663. The SMILES string of the molecule is CCS[C@H]1CC[C@@H](NCc2cnc(N3CCN(C)CC3)nc2)C1. The molecule has 0 aromatic carbocycles. The Morgan fingerprint density at radius 1 is 1.17 bits per heavy atom. The van der Waals surface area contributed by atoms with Gasteiger partial charge in [-0.1, -0.05) is 6.92 Å². The first-order valence-electron chi connectivity index (χ1n) is 8.84. The molecule has 2 aliphatic rings. The van der Waals surface area contributed by atoms with Crippen LogP contribution in [0.15, 0.2) is 12.4 Å². The molecule has 128 valence electrons. The molecule has 2 atom stereocenters. The van der Waals surface area contributed by atoms with Crippen molar-refractivity contribution >= 4 is 17.7 Å². The van der Waals surface area contributed by atoms with Crippen molar-refractivity contribution in [3.8, 4) is 0 Å². The van der Waals surface area contributed by atoms with Crippen LogP contribution in [0.4, 0.5) is 5.95 Å². The second-order valence-corrected chi connectivity index (χ2v) is 8.23. The van der Waals surface area contributed by atoms with Crippen LogP contribution in [0.5, 0.6) is 0 Å². The van der Waals surface area contributed by atoms with Gasteiger partial charge in [0.15, 0.2) is 0 Å². The molecule has 1 aliphatic heterocycles. The van der Waals surface area contributed by atoms with E-state index < -0.39 is 0 Å². The van der Waals surface area contributed by atoms with Crippen molar-refractivity contribution in [2.45, 2.75) is 44.0 Å². The summed E-state index contributed by atoms with van der Waals surface area (Å²) in [7, 11) is 2.17. The van der Waals surface area contributed by atoms with Crippen LogP contribution in [-0.4, -0.2) is 65.1 Å². The number of anilines is 1. The Morgan fingerprint density at radius 2 is 1.91 bits per heavy atom. The third-order valence-corrected chi connectivity index (χ3v) is 6.09. The molecule has 2 fully saturated rings. The second kappa shape index (κ2) is 8.31. The molecule has 5 nitrogen and oxygen atoms in total. The Kier molecular flexibility index (Phi) is 6.14. The summed E-state index contributed by atoms with van der Waals surface area (Å²) < 4.78 is 0. The summed E-state index contributed by atoms with van der Waals surface area (Å²) in [6, 6.07) is 0.663. The highest BCUT2D eigenvalue weighted by Gasteiger charge is 2.24. The van der Waals surface area contributed by atoms with Crippen molar-refractivity contribution in [3.05, 3.63) is 18.0 Å². The van der Waals surface area contributed by atoms with Crippen molar-refractivity contribution < 1.29 is 0 Å². The lowest BCUT2D eigenvalue weighted by Crippen LogP contribution is -2.45. The quantitative estimate of drug-likeness (QED) is 0.858. The summed E-state index contributed by atoms with van der Waals surface area (Å²) in [5, 5.41) is 4.53. The van der Waals surface area contributed by atoms with Crippen molar-refractivity contribution in [1.82, 2.24) is 20.2 Å². The van der Waals surface area contributed by atoms with Gasteiger partial charge in [-0.05, 0) is 32.1 Å². The molecule has 1 aromatic rings. The van der Waals surface area contributed by atoms with E-state index in [1.807, 2.05) is 12.4 Å². The molecule has 23 heavy (non-hydrogen) atoms. The van der Waals surface area contributed by atoms with Gasteiger partial charge in [0.2, 0.25) is 5.95 Å². The lowest BCUT2D eigenvalue weighted by molar-refractivity contribution is 0.311. The predicted octanol–water partition coefficient (Wildman–Crippen LogP) is 1.99. The van der Waals surface area contributed by atoms with Crippen LogP contribution < -0.4 is 10.2 Å². The van der Waals surface area contributed by atoms with Crippen molar-refractivity contribution in [3.63, 3.8) is 0 Å². The molecule has 2 heterocycles. The standard InChI is InChI=1S/C17H29N5S/c1-3-23-16-5-4-15(10-16)18-11-14-12-19-17(20-13-14)22-8-6-21(2)7-9-22/h12-13,15-16,18H,3-11H2,1-2H3/t15-,16+/m1/s1. The molecular weight excluding hydrogens is 306 g/mol. The summed E-state index contributed by atoms with van der Waals surface area (Å²) in [5.41, 5.74) is 1.19. The van der Waals surface area contributed by atoms with Crippen LogP contribution in [0, 0.1) is 0 Å². The number of likely N-dealkylation sites (N-methyl/N-ethyl adjacent to an activating group) is 1. The van der Waals surface area contributed by atoms with Crippen LogP contribution in [0.25, 0.3) is 0 Å². The topological polar surface area (TPSA) is 44.3 Å². The maximum Gasteiger partial charge on any atom is 0.225 e.